The van der Waals surface area contributed by atoms with E-state index in [0.29, 0.717) is 23.9 Å². The SMILES string of the molecule is CC/C=C\C/C=C\C/C=C\C/C=C\C/C=C\CCCCCCCCCCCCCCCCCCCCCCCCCCCC(=O)OC(COC(=O)CCCCCCCCCCCCCCCCCCC/C=C\C/C=C\C/C=C\C/C=C\C/C=C\CC)COC(OCC[N+](C)(C)C)C(=O)[O-]. The monoisotopic (exact) mass is 1380 g/mol. The van der Waals surface area contributed by atoms with Crippen molar-refractivity contribution >= 4 is 17.9 Å². The summed E-state index contributed by atoms with van der Waals surface area (Å²) in [7, 11) is 5.95. The van der Waals surface area contributed by atoms with Gasteiger partial charge in [0.05, 0.1) is 40.3 Å². The second-order valence-electron chi connectivity index (χ2n) is 29.0. The molecule has 0 bridgehead atoms. The molecule has 0 aliphatic rings. The molecule has 0 heterocycles. The number of carboxylic acid groups (broad SMARTS) is 1. The second-order valence-corrected chi connectivity index (χ2v) is 29.0. The van der Waals surface area contributed by atoms with Gasteiger partial charge < -0.3 is 33.3 Å². The maximum Gasteiger partial charge on any atom is 0.306 e. The van der Waals surface area contributed by atoms with Crippen molar-refractivity contribution in [3.8, 4) is 0 Å². The molecule has 0 aromatic carbocycles. The minimum Gasteiger partial charge on any atom is -0.545 e. The number of carbonyl (C=O) groups is 3. The fraction of sp³-hybridized carbons (Fsp3) is 0.744. The number of hydrogen-bond acceptors (Lipinski definition) is 8. The molecule has 0 radical (unpaired) electrons. The van der Waals surface area contributed by atoms with Crippen LogP contribution in [0.4, 0.5) is 0 Å². The Labute approximate surface area is 612 Å². The highest BCUT2D eigenvalue weighted by Gasteiger charge is 2.22. The molecule has 2 unspecified atom stereocenters. The summed E-state index contributed by atoms with van der Waals surface area (Å²) in [5, 5.41) is 11.9. The van der Waals surface area contributed by atoms with Crippen molar-refractivity contribution in [1.29, 1.82) is 0 Å². The summed E-state index contributed by atoms with van der Waals surface area (Å²) in [5.41, 5.74) is 0. The lowest BCUT2D eigenvalue weighted by Gasteiger charge is -2.26. The van der Waals surface area contributed by atoms with Gasteiger partial charge >= 0.3 is 11.9 Å². The third-order valence-corrected chi connectivity index (χ3v) is 18.2. The molecule has 0 N–H and O–H groups in total. The van der Waals surface area contributed by atoms with Crippen molar-refractivity contribution in [2.24, 2.45) is 0 Å². The predicted molar refractivity (Wildman–Crippen MR) is 426 cm³/mol. The van der Waals surface area contributed by atoms with E-state index in [1.165, 1.54) is 244 Å². The molecule has 0 aliphatic carbocycles. The smallest absolute Gasteiger partial charge is 0.306 e. The van der Waals surface area contributed by atoms with Gasteiger partial charge in [-0.3, -0.25) is 9.59 Å². The molecule has 0 aromatic rings. The number of carbonyl (C=O) groups excluding carboxylic acids is 3. The van der Waals surface area contributed by atoms with E-state index < -0.39 is 24.3 Å². The van der Waals surface area contributed by atoms with Crippen molar-refractivity contribution < 1.29 is 42.9 Å². The number of carboxylic acids is 1. The molecule has 9 nitrogen and oxygen atoms in total. The van der Waals surface area contributed by atoms with E-state index in [9.17, 15) is 19.5 Å². The van der Waals surface area contributed by atoms with Crippen LogP contribution in [0.1, 0.15) is 373 Å². The quantitative estimate of drug-likeness (QED) is 0.0195. The predicted octanol–water partition coefficient (Wildman–Crippen LogP) is 25.7. The molecule has 570 valence electrons. The van der Waals surface area contributed by atoms with E-state index in [-0.39, 0.29) is 32.2 Å². The summed E-state index contributed by atoms with van der Waals surface area (Å²) in [4.78, 5) is 37.6. The van der Waals surface area contributed by atoms with Crippen molar-refractivity contribution in [2.75, 3.05) is 47.5 Å². The van der Waals surface area contributed by atoms with E-state index in [2.05, 4.69) is 135 Å². The van der Waals surface area contributed by atoms with Crippen molar-refractivity contribution in [2.45, 2.75) is 386 Å². The van der Waals surface area contributed by atoms with Gasteiger partial charge in [0.1, 0.15) is 13.2 Å². The number of likely N-dealkylation sites (N-methyl/N-ethyl adjacent to an activating group) is 1. The van der Waals surface area contributed by atoms with E-state index in [1.54, 1.807) is 0 Å². The molecule has 0 amide bonds. The number of allylic oxidation sites excluding steroid dienone is 20. The Morgan fingerprint density at radius 2 is 0.545 bits per heavy atom. The molecule has 0 saturated carbocycles. The Bertz CT molecular complexity index is 2050. The molecule has 9 heteroatoms. The van der Waals surface area contributed by atoms with Gasteiger partial charge in [0.2, 0.25) is 0 Å². The topological polar surface area (TPSA) is 111 Å². The average molecular weight is 1380 g/mol. The fourth-order valence-corrected chi connectivity index (χ4v) is 11.9. The van der Waals surface area contributed by atoms with Gasteiger partial charge in [-0.05, 0) is 103 Å². The molecular formula is C90H157NO8. The summed E-state index contributed by atoms with van der Waals surface area (Å²) in [6.45, 7) is 4.57. The Morgan fingerprint density at radius 1 is 0.303 bits per heavy atom. The van der Waals surface area contributed by atoms with E-state index in [4.69, 9.17) is 18.9 Å². The van der Waals surface area contributed by atoms with Gasteiger partial charge in [0.25, 0.3) is 0 Å². The molecule has 0 aromatic heterocycles. The Kier molecular flexibility index (Phi) is 75.9. The molecule has 2 atom stereocenters. The van der Waals surface area contributed by atoms with Crippen LogP contribution in [0.25, 0.3) is 0 Å². The first-order valence-corrected chi connectivity index (χ1v) is 41.7. The van der Waals surface area contributed by atoms with Crippen LogP contribution >= 0.6 is 0 Å². The largest absolute Gasteiger partial charge is 0.545 e. The number of nitrogens with zero attached hydrogens (tertiary/aromatic N) is 1. The van der Waals surface area contributed by atoms with E-state index >= 15 is 0 Å². The van der Waals surface area contributed by atoms with Crippen LogP contribution in [0.15, 0.2) is 122 Å². The third kappa shape index (κ3) is 80.9. The van der Waals surface area contributed by atoms with Gasteiger partial charge in [-0.25, -0.2) is 0 Å². The Hall–Kier alpha value is -4.31. The normalized spacial score (nSPS) is 13.3. The Morgan fingerprint density at radius 3 is 0.808 bits per heavy atom. The molecule has 0 aliphatic heterocycles. The zero-order chi connectivity index (χ0) is 71.8. The zero-order valence-electron chi connectivity index (χ0n) is 65.3. The number of aliphatic carboxylic acids is 1. The summed E-state index contributed by atoms with van der Waals surface area (Å²) < 4.78 is 22.9. The highest BCUT2D eigenvalue weighted by atomic mass is 16.7. The van der Waals surface area contributed by atoms with Crippen LogP contribution in [0.3, 0.4) is 0 Å². The van der Waals surface area contributed by atoms with Crippen LogP contribution in [0, 0.1) is 0 Å². The summed E-state index contributed by atoms with van der Waals surface area (Å²) in [6.07, 6.45) is 110. The number of hydrogen-bond donors (Lipinski definition) is 0. The molecule has 0 rings (SSSR count). The highest BCUT2D eigenvalue weighted by molar-refractivity contribution is 5.70. The first-order chi connectivity index (χ1) is 48.6. The number of quaternary nitrogens is 1. The lowest BCUT2D eigenvalue weighted by Crippen LogP contribution is -2.44. The minimum atomic E-state index is -1.62. The number of rotatable bonds is 77. The third-order valence-electron chi connectivity index (χ3n) is 18.2. The first-order valence-electron chi connectivity index (χ1n) is 41.7. The number of unbranched alkanes of at least 4 members (excludes halogenated alkanes) is 42. The van der Waals surface area contributed by atoms with Gasteiger partial charge in [-0.15, -0.1) is 0 Å². The van der Waals surface area contributed by atoms with Crippen LogP contribution in [-0.4, -0.2) is 82.3 Å². The standard InChI is InChI=1S/C90H157NO8/c1-6-8-10-12-14-16-18-20-22-24-26-28-30-32-34-36-38-40-41-42-43-44-45-46-47-49-51-53-55-57-59-61-63-65-67-69-71-73-75-77-79-81-88(93)99-86(85-98-90(89(94)95)96-83-82-91(3,4)5)84-97-87(92)80-78-76-74-72-70-68-66-64-62-60-58-56-54-52-50-48-39-37-35-33-31-29-27-25-23-21-19-17-15-13-11-9-7-2/h8-11,14-17,20-23,26-29,32-35,86,90H,6-7,12-13,18-19,24-25,30-31,36-85H2,1-5H3/b10-8-,11-9-,16-14-,17-15-,22-20-,23-21-,28-26-,29-27-,34-32-,35-33-. The van der Waals surface area contributed by atoms with Crippen molar-refractivity contribution in [3.05, 3.63) is 122 Å². The molecule has 0 saturated heterocycles. The molecular weight excluding hydrogens is 1220 g/mol. The second kappa shape index (κ2) is 79.4. The van der Waals surface area contributed by atoms with Gasteiger partial charge in [-0.2, -0.15) is 0 Å². The van der Waals surface area contributed by atoms with E-state index in [0.717, 1.165) is 96.3 Å². The van der Waals surface area contributed by atoms with Crippen molar-refractivity contribution in [3.63, 3.8) is 0 Å². The number of esters is 2. The van der Waals surface area contributed by atoms with Gasteiger partial charge in [0.15, 0.2) is 12.4 Å². The summed E-state index contributed by atoms with van der Waals surface area (Å²) in [6, 6.07) is 0. The number of ether oxygens (including phenoxy) is 4. The molecule has 0 spiro atoms. The maximum absolute atomic E-state index is 13.0. The van der Waals surface area contributed by atoms with Gasteiger partial charge in [0, 0.05) is 12.8 Å². The first kappa shape index (κ1) is 94.7. The summed E-state index contributed by atoms with van der Waals surface area (Å²) >= 11 is 0. The Balaban J connectivity index is 3.96. The minimum absolute atomic E-state index is 0.147. The maximum atomic E-state index is 13.0. The van der Waals surface area contributed by atoms with Crippen LogP contribution in [0.5, 0.6) is 0 Å². The fourth-order valence-electron chi connectivity index (χ4n) is 11.9. The lowest BCUT2D eigenvalue weighted by atomic mass is 10.0. The van der Waals surface area contributed by atoms with Gasteiger partial charge in [-0.1, -0.05) is 379 Å². The highest BCUT2D eigenvalue weighted by Crippen LogP contribution is 2.19. The van der Waals surface area contributed by atoms with Crippen LogP contribution in [-0.2, 0) is 33.3 Å². The molecule has 99 heavy (non-hydrogen) atoms. The lowest BCUT2D eigenvalue weighted by molar-refractivity contribution is -0.870. The van der Waals surface area contributed by atoms with E-state index in [1.807, 2.05) is 21.1 Å². The van der Waals surface area contributed by atoms with Crippen LogP contribution in [0.2, 0.25) is 0 Å². The summed E-state index contributed by atoms with van der Waals surface area (Å²) in [5.74, 6) is -2.26. The van der Waals surface area contributed by atoms with Crippen molar-refractivity contribution in [1.82, 2.24) is 0 Å². The van der Waals surface area contributed by atoms with Crippen LogP contribution < -0.4 is 5.11 Å². The zero-order valence-corrected chi connectivity index (χ0v) is 65.3. The molecule has 0 fully saturated rings. The average Bonchev–Trinajstić information content (AvgIpc) is 2.62.